The highest BCUT2D eigenvalue weighted by Gasteiger charge is 2.39. The summed E-state index contributed by atoms with van der Waals surface area (Å²) in [7, 11) is 1.60. The molecule has 0 radical (unpaired) electrons. The zero-order chi connectivity index (χ0) is 20.1. The van der Waals surface area contributed by atoms with Crippen LogP contribution in [0.1, 0.15) is 41.6 Å². The van der Waals surface area contributed by atoms with Gasteiger partial charge < -0.3 is 14.5 Å². The summed E-state index contributed by atoms with van der Waals surface area (Å²) in [5, 5.41) is 8.15. The zero-order valence-corrected chi connectivity index (χ0v) is 16.5. The van der Waals surface area contributed by atoms with E-state index in [-0.39, 0.29) is 11.8 Å². The van der Waals surface area contributed by atoms with Crippen LogP contribution in [-0.2, 0) is 4.79 Å². The SMILES string of the molecule is C#CCCC1(CCC(=O)N2CCN(C(=O)c3ccc(C)c(OC)c3)CC2)N=N1. The molecule has 2 aliphatic rings. The summed E-state index contributed by atoms with van der Waals surface area (Å²) < 4.78 is 5.31. The molecule has 1 saturated heterocycles. The number of carbonyl (C=O) groups is 2. The first-order valence-corrected chi connectivity index (χ1v) is 9.57. The van der Waals surface area contributed by atoms with Gasteiger partial charge >= 0.3 is 0 Å². The van der Waals surface area contributed by atoms with Gasteiger partial charge in [0.15, 0.2) is 5.66 Å². The quantitative estimate of drug-likeness (QED) is 0.681. The molecule has 2 heterocycles. The average Bonchev–Trinajstić information content (AvgIpc) is 3.50. The Labute approximate surface area is 165 Å². The van der Waals surface area contributed by atoms with Crippen LogP contribution < -0.4 is 4.74 Å². The van der Waals surface area contributed by atoms with Crippen molar-refractivity contribution in [1.29, 1.82) is 0 Å². The number of piperazine rings is 1. The summed E-state index contributed by atoms with van der Waals surface area (Å²) in [6, 6.07) is 5.47. The molecule has 0 spiro atoms. The molecule has 1 fully saturated rings. The molecule has 0 unspecified atom stereocenters. The van der Waals surface area contributed by atoms with E-state index in [0.717, 1.165) is 5.56 Å². The smallest absolute Gasteiger partial charge is 0.254 e. The summed E-state index contributed by atoms with van der Waals surface area (Å²) >= 11 is 0. The third-order valence-corrected chi connectivity index (χ3v) is 5.37. The van der Waals surface area contributed by atoms with Crippen molar-refractivity contribution in [3.63, 3.8) is 0 Å². The van der Waals surface area contributed by atoms with Gasteiger partial charge in [0.05, 0.1) is 7.11 Å². The molecule has 7 nitrogen and oxygen atoms in total. The van der Waals surface area contributed by atoms with E-state index in [9.17, 15) is 9.59 Å². The minimum absolute atomic E-state index is 0.0331. The van der Waals surface area contributed by atoms with Crippen molar-refractivity contribution < 1.29 is 14.3 Å². The lowest BCUT2D eigenvalue weighted by molar-refractivity contribution is -0.132. The largest absolute Gasteiger partial charge is 0.496 e. The molecule has 3 rings (SSSR count). The van der Waals surface area contributed by atoms with Crippen LogP contribution in [0, 0.1) is 19.3 Å². The second kappa shape index (κ2) is 8.42. The van der Waals surface area contributed by atoms with Crippen molar-refractivity contribution in [1.82, 2.24) is 9.80 Å². The maximum absolute atomic E-state index is 12.7. The van der Waals surface area contributed by atoms with Gasteiger partial charge in [-0.05, 0) is 24.6 Å². The fourth-order valence-electron chi connectivity index (χ4n) is 3.43. The van der Waals surface area contributed by atoms with Crippen molar-refractivity contribution in [3.05, 3.63) is 29.3 Å². The topological polar surface area (TPSA) is 74.6 Å². The molecule has 0 saturated carbocycles. The predicted octanol–water partition coefficient (Wildman–Crippen LogP) is 2.64. The highest BCUT2D eigenvalue weighted by molar-refractivity contribution is 5.95. The number of aryl methyl sites for hydroxylation is 1. The van der Waals surface area contributed by atoms with Crippen LogP contribution in [0.4, 0.5) is 0 Å². The lowest BCUT2D eigenvalue weighted by Crippen LogP contribution is -2.50. The summed E-state index contributed by atoms with van der Waals surface area (Å²) in [5.74, 6) is 3.35. The Hall–Kier alpha value is -2.88. The van der Waals surface area contributed by atoms with Crippen molar-refractivity contribution in [3.8, 4) is 18.1 Å². The van der Waals surface area contributed by atoms with E-state index < -0.39 is 5.66 Å². The fraction of sp³-hybridized carbons (Fsp3) is 0.524. The van der Waals surface area contributed by atoms with Gasteiger partial charge in [-0.25, -0.2) is 0 Å². The van der Waals surface area contributed by atoms with Gasteiger partial charge in [-0.3, -0.25) is 9.59 Å². The van der Waals surface area contributed by atoms with Crippen LogP contribution in [0.25, 0.3) is 0 Å². The van der Waals surface area contributed by atoms with Crippen LogP contribution >= 0.6 is 0 Å². The van der Waals surface area contributed by atoms with Gasteiger partial charge in [-0.15, -0.1) is 12.3 Å². The minimum Gasteiger partial charge on any atom is -0.496 e. The number of hydrogen-bond acceptors (Lipinski definition) is 5. The Morgan fingerprint density at radius 1 is 1.18 bits per heavy atom. The van der Waals surface area contributed by atoms with Crippen molar-refractivity contribution in [2.24, 2.45) is 10.2 Å². The maximum atomic E-state index is 12.7. The number of hydrogen-bond donors (Lipinski definition) is 0. The summed E-state index contributed by atoms with van der Waals surface area (Å²) in [5.41, 5.74) is 1.17. The molecule has 0 aromatic heterocycles. The van der Waals surface area contributed by atoms with Gasteiger partial charge in [-0.1, -0.05) is 6.07 Å². The third kappa shape index (κ3) is 4.50. The third-order valence-electron chi connectivity index (χ3n) is 5.37. The lowest BCUT2D eigenvalue weighted by atomic mass is 10.0. The second-order valence-electron chi connectivity index (χ2n) is 7.24. The normalized spacial score (nSPS) is 17.2. The van der Waals surface area contributed by atoms with Gasteiger partial charge in [0.25, 0.3) is 5.91 Å². The molecule has 2 amide bonds. The molecule has 0 N–H and O–H groups in total. The number of methoxy groups -OCH3 is 1. The Kier molecular flexibility index (Phi) is 5.98. The van der Waals surface area contributed by atoms with Crippen molar-refractivity contribution >= 4 is 11.8 Å². The molecule has 0 aliphatic carbocycles. The first-order valence-electron chi connectivity index (χ1n) is 9.57. The molecule has 148 valence electrons. The molecule has 7 heteroatoms. The monoisotopic (exact) mass is 382 g/mol. The number of carbonyl (C=O) groups excluding carboxylic acids is 2. The Balaban J connectivity index is 1.48. The molecule has 0 bridgehead atoms. The average molecular weight is 382 g/mol. The van der Waals surface area contributed by atoms with Crippen molar-refractivity contribution in [2.75, 3.05) is 33.3 Å². The van der Waals surface area contributed by atoms with Gasteiger partial charge in [-0.2, -0.15) is 10.2 Å². The highest BCUT2D eigenvalue weighted by Crippen LogP contribution is 2.37. The predicted molar refractivity (Wildman–Crippen MR) is 105 cm³/mol. The summed E-state index contributed by atoms with van der Waals surface area (Å²) in [6.07, 6.45) is 7.63. The first-order chi connectivity index (χ1) is 13.5. The highest BCUT2D eigenvalue weighted by atomic mass is 16.5. The van der Waals surface area contributed by atoms with E-state index in [1.54, 1.807) is 18.1 Å². The van der Waals surface area contributed by atoms with Gasteiger partial charge in [0.1, 0.15) is 5.75 Å². The number of terminal acetylenes is 1. The van der Waals surface area contributed by atoms with E-state index in [1.807, 2.05) is 24.0 Å². The van der Waals surface area contributed by atoms with Crippen LogP contribution in [0.3, 0.4) is 0 Å². The van der Waals surface area contributed by atoms with Crippen LogP contribution in [0.2, 0.25) is 0 Å². The molecular formula is C21H26N4O3. The molecule has 0 atom stereocenters. The molecular weight excluding hydrogens is 356 g/mol. The van der Waals surface area contributed by atoms with E-state index in [2.05, 4.69) is 16.1 Å². The van der Waals surface area contributed by atoms with Crippen molar-refractivity contribution in [2.45, 2.75) is 38.3 Å². The number of nitrogens with zero attached hydrogens (tertiary/aromatic N) is 4. The Morgan fingerprint density at radius 3 is 2.46 bits per heavy atom. The van der Waals surface area contributed by atoms with E-state index in [4.69, 9.17) is 11.2 Å². The van der Waals surface area contributed by atoms with E-state index in [1.165, 1.54) is 0 Å². The van der Waals surface area contributed by atoms with E-state index in [0.29, 0.717) is 63.2 Å². The number of amides is 2. The van der Waals surface area contributed by atoms with Gasteiger partial charge in [0, 0.05) is 57.4 Å². The van der Waals surface area contributed by atoms with Crippen LogP contribution in [0.15, 0.2) is 28.4 Å². The first kappa shape index (κ1) is 19.9. The maximum Gasteiger partial charge on any atom is 0.254 e. The number of rotatable bonds is 7. The molecule has 1 aromatic rings. The Morgan fingerprint density at radius 2 is 1.86 bits per heavy atom. The van der Waals surface area contributed by atoms with Gasteiger partial charge in [0.2, 0.25) is 5.91 Å². The molecule has 28 heavy (non-hydrogen) atoms. The zero-order valence-electron chi connectivity index (χ0n) is 16.5. The van der Waals surface area contributed by atoms with Crippen LogP contribution in [0.5, 0.6) is 5.75 Å². The van der Waals surface area contributed by atoms with E-state index >= 15 is 0 Å². The van der Waals surface area contributed by atoms with Crippen LogP contribution in [-0.4, -0.2) is 60.6 Å². The Bertz CT molecular complexity index is 813. The molecule has 1 aromatic carbocycles. The lowest BCUT2D eigenvalue weighted by Gasteiger charge is -2.35. The minimum atomic E-state index is -0.426. The fourth-order valence-corrected chi connectivity index (χ4v) is 3.43. The summed E-state index contributed by atoms with van der Waals surface area (Å²) in [6.45, 7) is 4.07. The number of ether oxygens (including phenoxy) is 1. The summed E-state index contributed by atoms with van der Waals surface area (Å²) in [4.78, 5) is 28.8. The second-order valence-corrected chi connectivity index (χ2v) is 7.24. The molecule has 2 aliphatic heterocycles. The number of benzene rings is 1. The standard InChI is InChI=1S/C21H26N4O3/c1-4-5-9-21(22-23-21)10-8-19(26)24-11-13-25(14-12-24)20(27)17-7-6-16(2)18(15-17)28-3/h1,6-7,15H,5,8-14H2,2-3H3.